The molecule has 88 valence electrons. The van der Waals surface area contributed by atoms with Crippen LogP contribution in [0.5, 0.6) is 0 Å². The summed E-state index contributed by atoms with van der Waals surface area (Å²) in [6.45, 7) is 6.13. The fourth-order valence-corrected chi connectivity index (χ4v) is 2.68. The van der Waals surface area contributed by atoms with Crippen molar-refractivity contribution in [3.8, 4) is 0 Å². The highest BCUT2D eigenvalue weighted by Gasteiger charge is 2.15. The molecule has 15 heavy (non-hydrogen) atoms. The van der Waals surface area contributed by atoms with Crippen molar-refractivity contribution in [2.24, 2.45) is 5.92 Å². The molecule has 0 aliphatic heterocycles. The van der Waals surface area contributed by atoms with E-state index in [-0.39, 0.29) is 0 Å². The van der Waals surface area contributed by atoms with Crippen molar-refractivity contribution in [2.75, 3.05) is 7.05 Å². The first-order chi connectivity index (χ1) is 7.22. The molecule has 0 aromatic rings. The van der Waals surface area contributed by atoms with Crippen LogP contribution in [-0.4, -0.2) is 13.1 Å². The van der Waals surface area contributed by atoms with Crippen LogP contribution >= 0.6 is 0 Å². The number of hydrogen-bond donors (Lipinski definition) is 1. The summed E-state index contributed by atoms with van der Waals surface area (Å²) in [7, 11) is 2.08. The van der Waals surface area contributed by atoms with E-state index in [4.69, 9.17) is 0 Å². The van der Waals surface area contributed by atoms with Crippen LogP contribution in [-0.2, 0) is 0 Å². The van der Waals surface area contributed by atoms with Gasteiger partial charge in [0, 0.05) is 6.04 Å². The molecule has 1 nitrogen and oxygen atoms in total. The highest BCUT2D eigenvalue weighted by Crippen LogP contribution is 2.28. The maximum Gasteiger partial charge on any atom is 0.0101 e. The third-order valence-electron chi connectivity index (χ3n) is 3.65. The zero-order chi connectivity index (χ0) is 11.1. The van der Waals surface area contributed by atoms with Gasteiger partial charge in [0.25, 0.3) is 0 Å². The van der Waals surface area contributed by atoms with Gasteiger partial charge in [-0.15, -0.1) is 6.58 Å². The molecule has 1 heteroatoms. The molecule has 1 rings (SSSR count). The van der Waals surface area contributed by atoms with Gasteiger partial charge in [-0.05, 0) is 39.2 Å². The van der Waals surface area contributed by atoms with E-state index >= 15 is 0 Å². The topological polar surface area (TPSA) is 12.0 Å². The summed E-state index contributed by atoms with van der Waals surface area (Å²) in [5, 5.41) is 3.41. The Bertz CT molecular complexity index is 180. The van der Waals surface area contributed by atoms with Crippen LogP contribution in [0.1, 0.15) is 58.3 Å². The Kier molecular flexibility index (Phi) is 6.00. The predicted octanol–water partition coefficient (Wildman–Crippen LogP) is 3.90. The normalized spacial score (nSPS) is 20.1. The zero-order valence-corrected chi connectivity index (χ0v) is 10.5. The summed E-state index contributed by atoms with van der Waals surface area (Å²) in [4.78, 5) is 0. The van der Waals surface area contributed by atoms with Gasteiger partial charge in [-0.1, -0.05) is 37.7 Å². The highest BCUT2D eigenvalue weighted by atomic mass is 14.9. The molecule has 1 aliphatic carbocycles. The quantitative estimate of drug-likeness (QED) is 0.654. The number of rotatable bonds is 6. The summed E-state index contributed by atoms with van der Waals surface area (Å²) in [5.41, 5.74) is 1.30. The Morgan fingerprint density at radius 1 is 1.33 bits per heavy atom. The lowest BCUT2D eigenvalue weighted by molar-refractivity contribution is 0.315. The van der Waals surface area contributed by atoms with E-state index in [9.17, 15) is 0 Å². The molecule has 0 spiro atoms. The fourth-order valence-electron chi connectivity index (χ4n) is 2.68. The SMILES string of the molecule is C=C(C)CC(CCC1CCCCC1)NC. The van der Waals surface area contributed by atoms with Crippen LogP contribution in [0.15, 0.2) is 12.2 Å². The molecule has 0 radical (unpaired) electrons. The summed E-state index contributed by atoms with van der Waals surface area (Å²) in [5.74, 6) is 1.01. The van der Waals surface area contributed by atoms with E-state index in [2.05, 4.69) is 25.9 Å². The first-order valence-electron chi connectivity index (χ1n) is 6.54. The standard InChI is InChI=1S/C14H27N/c1-12(2)11-14(15-3)10-9-13-7-5-4-6-8-13/h13-15H,1,4-11H2,2-3H3. The van der Waals surface area contributed by atoms with E-state index < -0.39 is 0 Å². The lowest BCUT2D eigenvalue weighted by Gasteiger charge is -2.24. The lowest BCUT2D eigenvalue weighted by atomic mass is 9.84. The van der Waals surface area contributed by atoms with E-state index in [1.54, 1.807) is 0 Å². The third kappa shape index (κ3) is 5.36. The minimum atomic E-state index is 0.657. The van der Waals surface area contributed by atoms with Gasteiger partial charge in [0.2, 0.25) is 0 Å². The van der Waals surface area contributed by atoms with Crippen molar-refractivity contribution in [2.45, 2.75) is 64.3 Å². The van der Waals surface area contributed by atoms with Crippen molar-refractivity contribution < 1.29 is 0 Å². The maximum absolute atomic E-state index is 4.00. The molecule has 0 aromatic carbocycles. The first-order valence-corrected chi connectivity index (χ1v) is 6.54. The molecule has 0 heterocycles. The zero-order valence-electron chi connectivity index (χ0n) is 10.5. The average molecular weight is 209 g/mol. The van der Waals surface area contributed by atoms with Gasteiger partial charge in [-0.3, -0.25) is 0 Å². The fraction of sp³-hybridized carbons (Fsp3) is 0.857. The molecule has 0 bridgehead atoms. The number of hydrogen-bond acceptors (Lipinski definition) is 1. The molecule has 0 aromatic heterocycles. The van der Waals surface area contributed by atoms with E-state index in [0.29, 0.717) is 6.04 Å². The van der Waals surface area contributed by atoms with Crippen LogP contribution in [0.3, 0.4) is 0 Å². The predicted molar refractivity (Wildman–Crippen MR) is 68.1 cm³/mol. The van der Waals surface area contributed by atoms with Crippen molar-refractivity contribution in [1.82, 2.24) is 5.32 Å². The molecule has 1 N–H and O–H groups in total. The molecule has 1 saturated carbocycles. The summed E-state index contributed by atoms with van der Waals surface area (Å²) in [6, 6.07) is 0.657. The second kappa shape index (κ2) is 7.05. The molecule has 1 unspecified atom stereocenters. The van der Waals surface area contributed by atoms with E-state index in [1.807, 2.05) is 0 Å². The Hall–Kier alpha value is -0.300. The van der Waals surface area contributed by atoms with Crippen molar-refractivity contribution >= 4 is 0 Å². The molecule has 1 fully saturated rings. The molecular formula is C14H27N. The average Bonchev–Trinajstić information content (AvgIpc) is 2.25. The van der Waals surface area contributed by atoms with Gasteiger partial charge in [0.05, 0.1) is 0 Å². The van der Waals surface area contributed by atoms with Gasteiger partial charge < -0.3 is 5.32 Å². The maximum atomic E-state index is 4.00. The molecule has 0 saturated heterocycles. The van der Waals surface area contributed by atoms with Crippen LogP contribution in [0.25, 0.3) is 0 Å². The molecule has 1 aliphatic rings. The van der Waals surface area contributed by atoms with Gasteiger partial charge in [0.15, 0.2) is 0 Å². The first kappa shape index (κ1) is 12.8. The van der Waals surface area contributed by atoms with Crippen LogP contribution in [0.2, 0.25) is 0 Å². The van der Waals surface area contributed by atoms with Crippen LogP contribution < -0.4 is 5.32 Å². The van der Waals surface area contributed by atoms with Gasteiger partial charge in [0.1, 0.15) is 0 Å². The second-order valence-corrected chi connectivity index (χ2v) is 5.23. The van der Waals surface area contributed by atoms with Gasteiger partial charge in [-0.2, -0.15) is 0 Å². The van der Waals surface area contributed by atoms with Gasteiger partial charge >= 0.3 is 0 Å². The van der Waals surface area contributed by atoms with Crippen LogP contribution in [0.4, 0.5) is 0 Å². The highest BCUT2D eigenvalue weighted by molar-refractivity contribution is 4.92. The van der Waals surface area contributed by atoms with E-state index in [1.165, 1.54) is 50.5 Å². The molecular weight excluding hydrogens is 182 g/mol. The van der Waals surface area contributed by atoms with Gasteiger partial charge in [-0.25, -0.2) is 0 Å². The van der Waals surface area contributed by atoms with Crippen LogP contribution in [0, 0.1) is 5.92 Å². The minimum absolute atomic E-state index is 0.657. The Morgan fingerprint density at radius 2 is 2.00 bits per heavy atom. The summed E-state index contributed by atoms with van der Waals surface area (Å²) in [6.07, 6.45) is 11.2. The Morgan fingerprint density at radius 3 is 2.53 bits per heavy atom. The minimum Gasteiger partial charge on any atom is -0.317 e. The molecule has 1 atom stereocenters. The van der Waals surface area contributed by atoms with Crippen molar-refractivity contribution in [3.05, 3.63) is 12.2 Å². The summed E-state index contributed by atoms with van der Waals surface area (Å²) < 4.78 is 0. The number of nitrogens with one attached hydrogen (secondary N) is 1. The Balaban J connectivity index is 2.17. The summed E-state index contributed by atoms with van der Waals surface area (Å²) >= 11 is 0. The molecule has 0 amide bonds. The largest absolute Gasteiger partial charge is 0.317 e. The third-order valence-corrected chi connectivity index (χ3v) is 3.65. The monoisotopic (exact) mass is 209 g/mol. The lowest BCUT2D eigenvalue weighted by Crippen LogP contribution is -2.26. The smallest absolute Gasteiger partial charge is 0.0101 e. The van der Waals surface area contributed by atoms with E-state index in [0.717, 1.165) is 12.3 Å². The second-order valence-electron chi connectivity index (χ2n) is 5.23. The van der Waals surface area contributed by atoms with Crippen molar-refractivity contribution in [3.63, 3.8) is 0 Å². The Labute approximate surface area is 95.3 Å². The van der Waals surface area contributed by atoms with Crippen molar-refractivity contribution in [1.29, 1.82) is 0 Å².